The predicted molar refractivity (Wildman–Crippen MR) is 14.3 cm³/mol. The number of nitrogens with zero attached hydrogens (tertiary/aromatic N) is 1. The topological polar surface area (TPSA) is 48.6 Å². The highest BCUT2D eigenvalue weighted by atomic mass is 19.4. The Morgan fingerprint density at radius 1 is 1.50 bits per heavy atom. The van der Waals surface area contributed by atoms with E-state index in [9.17, 15) is 18.0 Å². The Morgan fingerprint density at radius 3 is 1.88 bits per heavy atom. The molecule has 0 aromatic carbocycles. The van der Waals surface area contributed by atoms with Gasteiger partial charge in [0.25, 0.3) is 0 Å². The third kappa shape index (κ3) is 1.78. The van der Waals surface area contributed by atoms with Crippen molar-refractivity contribution in [2.24, 2.45) is 0 Å². The van der Waals surface area contributed by atoms with Gasteiger partial charge >= 0.3 is 12.1 Å². The van der Waals surface area contributed by atoms with Gasteiger partial charge in [0.1, 0.15) is 5.90 Å². The van der Waals surface area contributed by atoms with Crippen LogP contribution < -0.4 is 5.90 Å². The summed E-state index contributed by atoms with van der Waals surface area (Å²) >= 11 is 0. The highest BCUT2D eigenvalue weighted by molar-refractivity contribution is 5.75. The summed E-state index contributed by atoms with van der Waals surface area (Å²) in [6.45, 7) is 0. The quantitative estimate of drug-likeness (QED) is 0.432. The van der Waals surface area contributed by atoms with E-state index in [1.165, 1.54) is 0 Å². The van der Waals surface area contributed by atoms with Gasteiger partial charge in [0, 0.05) is 0 Å². The van der Waals surface area contributed by atoms with Crippen LogP contribution in [0.4, 0.5) is 13.2 Å². The van der Waals surface area contributed by atoms with Crippen LogP contribution in [0.2, 0.25) is 0 Å². The average molecular weight is 127 g/mol. The Kier molecular flexibility index (Phi) is 1.80. The van der Waals surface area contributed by atoms with Gasteiger partial charge in [-0.3, -0.25) is 0 Å². The van der Waals surface area contributed by atoms with Crippen molar-refractivity contribution in [3.8, 4) is 0 Å². The van der Waals surface area contributed by atoms with Crippen molar-refractivity contribution >= 4 is 5.97 Å². The van der Waals surface area contributed by atoms with E-state index in [4.69, 9.17) is 5.90 Å². The first-order valence-corrected chi connectivity index (χ1v) is 1.41. The maximum absolute atomic E-state index is 10.8. The van der Waals surface area contributed by atoms with Gasteiger partial charge in [-0.2, -0.15) is 13.2 Å². The zero-order valence-electron chi connectivity index (χ0n) is 3.40. The average Bonchev–Trinajstić information content (AvgIpc) is 1.62. The summed E-state index contributed by atoms with van der Waals surface area (Å²) in [5.41, 5.74) is 0. The lowest BCUT2D eigenvalue weighted by Gasteiger charge is -1.97. The Labute approximate surface area is 42.2 Å². The Balaban J connectivity index is 3.82. The molecular formula is C2F3NO2. The summed E-state index contributed by atoms with van der Waals surface area (Å²) in [5.74, 6) is 4.49. The number of carbonyl (C=O) groups is 1. The minimum absolute atomic E-state index is 2.35. The molecule has 0 aliphatic carbocycles. The maximum atomic E-state index is 10.8. The molecule has 0 spiro atoms. The Hall–Kier alpha value is -0.780. The van der Waals surface area contributed by atoms with E-state index in [1.807, 2.05) is 0 Å². The molecule has 3 nitrogen and oxygen atoms in total. The van der Waals surface area contributed by atoms with Crippen LogP contribution in [-0.2, 0) is 9.63 Å². The van der Waals surface area contributed by atoms with Gasteiger partial charge in [0.2, 0.25) is 0 Å². The van der Waals surface area contributed by atoms with Crippen LogP contribution in [-0.4, -0.2) is 12.1 Å². The molecule has 0 saturated heterocycles. The van der Waals surface area contributed by atoms with Crippen LogP contribution in [0.25, 0.3) is 0 Å². The first kappa shape index (κ1) is 7.22. The van der Waals surface area contributed by atoms with Crippen molar-refractivity contribution in [2.75, 3.05) is 0 Å². The van der Waals surface area contributed by atoms with Gasteiger partial charge in [-0.05, 0) is 0 Å². The van der Waals surface area contributed by atoms with Gasteiger partial charge in [-0.25, -0.2) is 4.79 Å². The van der Waals surface area contributed by atoms with Crippen molar-refractivity contribution in [1.29, 1.82) is 0 Å². The molecule has 46 valence electrons. The first-order chi connectivity index (χ1) is 3.48. The van der Waals surface area contributed by atoms with Gasteiger partial charge in [-0.15, -0.1) is 0 Å². The van der Waals surface area contributed by atoms with Gasteiger partial charge in [-0.1, -0.05) is 0 Å². The van der Waals surface area contributed by atoms with E-state index in [0.717, 1.165) is 0 Å². The van der Waals surface area contributed by atoms with E-state index in [-0.39, 0.29) is 0 Å². The molecule has 0 aromatic rings. The van der Waals surface area contributed by atoms with E-state index in [2.05, 4.69) is 4.84 Å². The van der Waals surface area contributed by atoms with E-state index in [0.29, 0.717) is 0 Å². The highest BCUT2D eigenvalue weighted by Crippen LogP contribution is 2.14. The van der Waals surface area contributed by atoms with Crippen LogP contribution >= 0.6 is 0 Å². The number of rotatable bonds is 0. The highest BCUT2D eigenvalue weighted by Gasteiger charge is 2.41. The van der Waals surface area contributed by atoms with Gasteiger partial charge in [0.05, 0.1) is 0 Å². The lowest BCUT2D eigenvalue weighted by Crippen LogP contribution is -2.24. The molecular weight excluding hydrogens is 127 g/mol. The molecule has 0 aliphatic rings. The van der Waals surface area contributed by atoms with Crippen molar-refractivity contribution in [2.45, 2.75) is 6.18 Å². The van der Waals surface area contributed by atoms with Crippen LogP contribution in [0.3, 0.4) is 0 Å². The standard InChI is InChI=1S/C2F3NO2/c3-2(4,5)1(7)8-6. The summed E-state index contributed by atoms with van der Waals surface area (Å²) in [5, 5.41) is 0. The van der Waals surface area contributed by atoms with E-state index < -0.39 is 12.1 Å². The monoisotopic (exact) mass is 127 g/mol. The second-order valence-corrected chi connectivity index (χ2v) is 0.877. The van der Waals surface area contributed by atoms with Crippen LogP contribution in [0.15, 0.2) is 0 Å². The predicted octanol–water partition coefficient (Wildman–Crippen LogP) is 0.0756. The number of hydrogen-bond acceptors (Lipinski definition) is 2. The van der Waals surface area contributed by atoms with Crippen molar-refractivity contribution in [1.82, 2.24) is 5.90 Å². The maximum Gasteiger partial charge on any atom is 0.492 e. The summed E-state index contributed by atoms with van der Waals surface area (Å²) in [7, 11) is 0. The van der Waals surface area contributed by atoms with E-state index >= 15 is 0 Å². The Morgan fingerprint density at radius 2 is 1.88 bits per heavy atom. The molecule has 0 rings (SSSR count). The van der Waals surface area contributed by atoms with Crippen molar-refractivity contribution < 1.29 is 22.8 Å². The molecule has 2 radical (unpaired) electrons. The smallest absolute Gasteiger partial charge is 0.320 e. The normalized spacial score (nSPS) is 11.0. The number of alkyl halides is 3. The van der Waals surface area contributed by atoms with Crippen LogP contribution in [0.1, 0.15) is 0 Å². The van der Waals surface area contributed by atoms with E-state index in [1.54, 1.807) is 0 Å². The number of hydrogen-bond donors (Lipinski definition) is 0. The lowest BCUT2D eigenvalue weighted by atomic mass is 10.7. The zero-order valence-corrected chi connectivity index (χ0v) is 3.40. The lowest BCUT2D eigenvalue weighted by molar-refractivity contribution is -0.201. The molecule has 0 N–H and O–H groups in total. The molecule has 0 unspecified atom stereocenters. The molecule has 8 heavy (non-hydrogen) atoms. The summed E-state index contributed by atoms with van der Waals surface area (Å²) in [4.78, 5) is 11.6. The number of halogens is 3. The molecule has 0 heterocycles. The largest absolute Gasteiger partial charge is 0.492 e. The Bertz CT molecular complexity index is 97.9. The molecule has 6 heteroatoms. The molecule has 0 aromatic heterocycles. The fourth-order valence-corrected chi connectivity index (χ4v) is 0.0518. The summed E-state index contributed by atoms with van der Waals surface area (Å²) in [6, 6.07) is 0. The minimum atomic E-state index is -5.10. The van der Waals surface area contributed by atoms with Crippen molar-refractivity contribution in [3.63, 3.8) is 0 Å². The molecule has 0 aliphatic heterocycles. The molecule has 0 bridgehead atoms. The summed E-state index contributed by atoms with van der Waals surface area (Å²) in [6.07, 6.45) is -5.10. The van der Waals surface area contributed by atoms with Gasteiger partial charge in [0.15, 0.2) is 0 Å². The third-order valence-electron chi connectivity index (χ3n) is 0.314. The summed E-state index contributed by atoms with van der Waals surface area (Å²) < 4.78 is 32.4. The first-order valence-electron chi connectivity index (χ1n) is 1.41. The second kappa shape index (κ2) is 1.99. The second-order valence-electron chi connectivity index (χ2n) is 0.877. The third-order valence-corrected chi connectivity index (χ3v) is 0.314. The molecule has 0 saturated carbocycles. The SMILES string of the molecule is [N]OC(=O)C(F)(F)F. The molecule has 0 amide bonds. The van der Waals surface area contributed by atoms with Crippen LogP contribution in [0, 0.1) is 0 Å². The molecule has 0 fully saturated rings. The fourth-order valence-electron chi connectivity index (χ4n) is 0.0518. The van der Waals surface area contributed by atoms with Gasteiger partial charge < -0.3 is 4.84 Å². The molecule has 0 atom stereocenters. The minimum Gasteiger partial charge on any atom is -0.320 e. The fraction of sp³-hybridized carbons (Fsp3) is 0.500. The number of carbonyl (C=O) groups excluding carboxylic acids is 1. The zero-order chi connectivity index (χ0) is 6.78. The van der Waals surface area contributed by atoms with Crippen LogP contribution in [0.5, 0.6) is 0 Å². The van der Waals surface area contributed by atoms with Crippen molar-refractivity contribution in [3.05, 3.63) is 0 Å².